The van der Waals surface area contributed by atoms with Gasteiger partial charge in [0.25, 0.3) is 5.25 Å². The summed E-state index contributed by atoms with van der Waals surface area (Å²) in [4.78, 5) is -0.286. The molecule has 4 nitrogen and oxygen atoms in total. The fourth-order valence-corrected chi connectivity index (χ4v) is 3.52. The molecule has 0 aliphatic rings. The van der Waals surface area contributed by atoms with Crippen molar-refractivity contribution in [2.75, 3.05) is 5.73 Å². The molecule has 12 heteroatoms. The summed E-state index contributed by atoms with van der Waals surface area (Å²) < 4.78 is 65.0. The van der Waals surface area contributed by atoms with Crippen LogP contribution in [0.3, 0.4) is 0 Å². The molecule has 0 amide bonds. The number of alkyl halides is 5. The number of rotatable bonds is 4. The molecule has 0 saturated heterocycles. The highest BCUT2D eigenvalue weighted by molar-refractivity contribution is 8.00. The van der Waals surface area contributed by atoms with Gasteiger partial charge in [0.05, 0.1) is 21.4 Å². The van der Waals surface area contributed by atoms with Gasteiger partial charge in [0.2, 0.25) is 0 Å². The molecule has 0 saturated carbocycles. The Labute approximate surface area is 158 Å². The Morgan fingerprint density at radius 2 is 1.77 bits per heavy atom. The lowest BCUT2D eigenvalue weighted by atomic mass is 10.1. The molecule has 0 aliphatic carbocycles. The van der Waals surface area contributed by atoms with Gasteiger partial charge in [-0.15, -0.1) is 0 Å². The molecule has 0 unspecified atom stereocenters. The Kier molecular flexibility index (Phi) is 5.66. The number of hydrogen-bond donors (Lipinski definition) is 1. The maximum Gasteiger partial charge on any atom is 0.393 e. The van der Waals surface area contributed by atoms with E-state index in [-0.39, 0.29) is 49.5 Å². The Morgan fingerprint density at radius 1 is 1.23 bits per heavy atom. The Balaban J connectivity index is 2.58. The smallest absolute Gasteiger partial charge is 0.383 e. The molecular weight excluding hydrogens is 422 g/mol. The van der Waals surface area contributed by atoms with Crippen LogP contribution >= 0.6 is 35.0 Å². The topological polar surface area (TPSA) is 67.6 Å². The van der Waals surface area contributed by atoms with Crippen molar-refractivity contribution >= 4 is 40.8 Å². The van der Waals surface area contributed by atoms with Gasteiger partial charge >= 0.3 is 6.18 Å². The highest BCUT2D eigenvalue weighted by Crippen LogP contribution is 2.42. The zero-order valence-corrected chi connectivity index (χ0v) is 15.2. The highest BCUT2D eigenvalue weighted by Gasteiger charge is 2.31. The summed E-state index contributed by atoms with van der Waals surface area (Å²) in [7, 11) is 0. The number of nitriles is 1. The van der Waals surface area contributed by atoms with Gasteiger partial charge in [0.15, 0.2) is 5.69 Å². The van der Waals surface area contributed by atoms with Crippen LogP contribution in [0.15, 0.2) is 17.0 Å². The minimum atomic E-state index is -4.47. The minimum absolute atomic E-state index is 0.0177. The third-order valence-electron chi connectivity index (χ3n) is 2.96. The molecule has 1 aromatic heterocycles. The van der Waals surface area contributed by atoms with Crippen LogP contribution in [0.2, 0.25) is 10.0 Å². The van der Waals surface area contributed by atoms with Gasteiger partial charge < -0.3 is 5.73 Å². The van der Waals surface area contributed by atoms with Crippen LogP contribution in [0.25, 0.3) is 5.69 Å². The minimum Gasteiger partial charge on any atom is -0.383 e. The van der Waals surface area contributed by atoms with E-state index in [1.165, 1.54) is 0 Å². The van der Waals surface area contributed by atoms with E-state index in [0.717, 1.165) is 16.8 Å². The Hall–Kier alpha value is -1.70. The molecule has 2 N–H and O–H groups in total. The van der Waals surface area contributed by atoms with Gasteiger partial charge in [-0.25, -0.2) is 4.68 Å². The van der Waals surface area contributed by atoms with Crippen molar-refractivity contribution < 1.29 is 22.0 Å². The first-order chi connectivity index (χ1) is 11.8. The van der Waals surface area contributed by atoms with Crippen LogP contribution in [0.1, 0.15) is 18.2 Å². The van der Waals surface area contributed by atoms with Crippen LogP contribution in [-0.2, 0) is 6.42 Å². The third kappa shape index (κ3) is 4.72. The van der Waals surface area contributed by atoms with Crippen molar-refractivity contribution in [2.45, 2.75) is 29.7 Å². The first-order valence-corrected chi connectivity index (χ1v) is 8.30. The van der Waals surface area contributed by atoms with E-state index in [9.17, 15) is 22.0 Å². The van der Waals surface area contributed by atoms with Crippen molar-refractivity contribution in [3.05, 3.63) is 33.4 Å². The molecule has 26 heavy (non-hydrogen) atoms. The summed E-state index contributed by atoms with van der Waals surface area (Å²) in [6.45, 7) is 0.613. The van der Waals surface area contributed by atoms with Crippen LogP contribution in [0, 0.1) is 11.3 Å². The van der Waals surface area contributed by atoms with Gasteiger partial charge in [-0.1, -0.05) is 23.2 Å². The molecular formula is C14H9Cl2F5N4S. The van der Waals surface area contributed by atoms with E-state index in [0.29, 0.717) is 6.92 Å². The number of thioether (sulfide) groups is 1. The average Bonchev–Trinajstić information content (AvgIpc) is 2.72. The standard InChI is InChI=1S/C14H9Cl2F5N4S/c1-13(17,18)26-11-9(5-22)24-25(12(11)23)10-7(15)2-6(3-8(10)16)4-14(19,20)21/h2-3H,4,23H2,1H3. The second kappa shape index (κ2) is 7.13. The number of anilines is 1. The van der Waals surface area contributed by atoms with E-state index in [2.05, 4.69) is 5.10 Å². The lowest BCUT2D eigenvalue weighted by Crippen LogP contribution is -2.12. The summed E-state index contributed by atoms with van der Waals surface area (Å²) in [6.07, 6.45) is -5.72. The zero-order valence-electron chi connectivity index (χ0n) is 12.8. The van der Waals surface area contributed by atoms with Crippen molar-refractivity contribution in [2.24, 2.45) is 0 Å². The molecule has 0 fully saturated rings. The van der Waals surface area contributed by atoms with E-state index >= 15 is 0 Å². The van der Waals surface area contributed by atoms with Gasteiger partial charge in [-0.05, 0) is 29.5 Å². The highest BCUT2D eigenvalue weighted by atomic mass is 35.5. The van der Waals surface area contributed by atoms with Crippen LogP contribution < -0.4 is 5.73 Å². The zero-order chi connectivity index (χ0) is 19.9. The number of halogens is 7. The van der Waals surface area contributed by atoms with Gasteiger partial charge in [-0.3, -0.25) is 0 Å². The number of nitrogen functional groups attached to an aromatic ring is 1. The van der Waals surface area contributed by atoms with Crippen molar-refractivity contribution in [1.82, 2.24) is 9.78 Å². The number of benzene rings is 1. The Morgan fingerprint density at radius 3 is 2.19 bits per heavy atom. The van der Waals surface area contributed by atoms with Crippen LogP contribution in [0.5, 0.6) is 0 Å². The number of aromatic nitrogens is 2. The maximum absolute atomic E-state index is 13.3. The SMILES string of the molecule is CC(F)(F)Sc1c(C#N)nn(-c2c(Cl)cc(CC(F)(F)F)cc2Cl)c1N. The van der Waals surface area contributed by atoms with E-state index < -0.39 is 17.9 Å². The first-order valence-electron chi connectivity index (χ1n) is 6.73. The lowest BCUT2D eigenvalue weighted by molar-refractivity contribution is -0.127. The molecule has 0 aliphatic heterocycles. The average molecular weight is 431 g/mol. The lowest BCUT2D eigenvalue weighted by Gasteiger charge is -2.13. The maximum atomic E-state index is 13.3. The fourth-order valence-electron chi connectivity index (χ4n) is 2.09. The third-order valence-corrected chi connectivity index (χ3v) is 4.50. The normalized spacial score (nSPS) is 12.3. The van der Waals surface area contributed by atoms with Crippen LogP contribution in [-0.4, -0.2) is 21.2 Å². The quantitative estimate of drug-likeness (QED) is 0.517. The van der Waals surface area contributed by atoms with Crippen molar-refractivity contribution in [1.29, 1.82) is 5.26 Å². The second-order valence-electron chi connectivity index (χ2n) is 5.20. The molecule has 0 spiro atoms. The monoisotopic (exact) mass is 430 g/mol. The molecule has 0 bridgehead atoms. The predicted octanol–water partition coefficient (Wildman–Crippen LogP) is 5.44. The largest absolute Gasteiger partial charge is 0.393 e. The van der Waals surface area contributed by atoms with E-state index in [4.69, 9.17) is 34.2 Å². The summed E-state index contributed by atoms with van der Waals surface area (Å²) in [5.41, 5.74) is 5.10. The number of nitrogens with zero attached hydrogens (tertiary/aromatic N) is 3. The van der Waals surface area contributed by atoms with Gasteiger partial charge in [0, 0.05) is 6.92 Å². The van der Waals surface area contributed by atoms with Gasteiger partial charge in [-0.2, -0.15) is 32.3 Å². The molecule has 1 aromatic carbocycles. The molecule has 1 heterocycles. The fraction of sp³-hybridized carbons (Fsp3) is 0.286. The first kappa shape index (κ1) is 20.6. The van der Waals surface area contributed by atoms with Crippen molar-refractivity contribution in [3.8, 4) is 11.8 Å². The van der Waals surface area contributed by atoms with Gasteiger partial charge in [0.1, 0.15) is 17.6 Å². The van der Waals surface area contributed by atoms with E-state index in [1.54, 1.807) is 6.07 Å². The van der Waals surface area contributed by atoms with E-state index in [1.807, 2.05) is 0 Å². The molecule has 0 radical (unpaired) electrons. The molecule has 0 atom stereocenters. The summed E-state index contributed by atoms with van der Waals surface area (Å²) in [5.74, 6) is -0.333. The molecule has 2 aromatic rings. The number of nitrogens with two attached hydrogens (primary N) is 1. The van der Waals surface area contributed by atoms with Crippen LogP contribution in [0.4, 0.5) is 27.8 Å². The van der Waals surface area contributed by atoms with Crippen molar-refractivity contribution in [3.63, 3.8) is 0 Å². The number of hydrogen-bond acceptors (Lipinski definition) is 4. The summed E-state index contributed by atoms with van der Waals surface area (Å²) in [6, 6.07) is 3.67. The second-order valence-corrected chi connectivity index (χ2v) is 7.34. The molecule has 2 rings (SSSR count). The predicted molar refractivity (Wildman–Crippen MR) is 88.9 cm³/mol. The summed E-state index contributed by atoms with van der Waals surface area (Å²) in [5, 5.41) is 9.18. The summed E-state index contributed by atoms with van der Waals surface area (Å²) >= 11 is 12.0. The molecule has 140 valence electrons. The Bertz CT molecular complexity index is 860.